The lowest BCUT2D eigenvalue weighted by atomic mass is 9.88. The fourth-order valence-corrected chi connectivity index (χ4v) is 3.54. The predicted octanol–water partition coefficient (Wildman–Crippen LogP) is 3.65. The molecule has 1 fully saturated rings. The van der Waals surface area contributed by atoms with Crippen LogP contribution in [0, 0.1) is 5.92 Å². The Morgan fingerprint density at radius 1 is 1.21 bits per heavy atom. The van der Waals surface area contributed by atoms with Crippen LogP contribution in [-0.2, 0) is 11.2 Å². The SMILES string of the molecule is COc1ccc(C(=O)C2CCN(C(=O)CCCc3nc(C(C)C)no3)CC2)cc1. The Balaban J connectivity index is 1.42. The maximum atomic E-state index is 12.7. The van der Waals surface area contributed by atoms with Gasteiger partial charge in [0.25, 0.3) is 0 Å². The van der Waals surface area contributed by atoms with E-state index in [0.717, 1.165) is 5.75 Å². The van der Waals surface area contributed by atoms with E-state index < -0.39 is 0 Å². The Kier molecular flexibility index (Phi) is 7.01. The smallest absolute Gasteiger partial charge is 0.226 e. The van der Waals surface area contributed by atoms with E-state index in [1.807, 2.05) is 18.7 Å². The number of hydrogen-bond donors (Lipinski definition) is 0. The molecule has 0 saturated carbocycles. The molecule has 0 spiro atoms. The van der Waals surface area contributed by atoms with E-state index in [9.17, 15) is 9.59 Å². The highest BCUT2D eigenvalue weighted by Crippen LogP contribution is 2.24. The summed E-state index contributed by atoms with van der Waals surface area (Å²) in [6, 6.07) is 7.22. The number of methoxy groups -OCH3 is 1. The summed E-state index contributed by atoms with van der Waals surface area (Å²) >= 11 is 0. The number of carbonyl (C=O) groups is 2. The van der Waals surface area contributed by atoms with Gasteiger partial charge in [0.1, 0.15) is 5.75 Å². The minimum absolute atomic E-state index is 0.0275. The minimum Gasteiger partial charge on any atom is -0.497 e. The Labute approximate surface area is 171 Å². The molecule has 1 aromatic heterocycles. The first kappa shape index (κ1) is 21.0. The average Bonchev–Trinajstić information content (AvgIpc) is 3.22. The second-order valence-electron chi connectivity index (χ2n) is 7.80. The third-order valence-electron chi connectivity index (χ3n) is 5.37. The third-order valence-corrected chi connectivity index (χ3v) is 5.37. The summed E-state index contributed by atoms with van der Waals surface area (Å²) < 4.78 is 10.4. The summed E-state index contributed by atoms with van der Waals surface area (Å²) in [5.74, 6) is 2.51. The van der Waals surface area contributed by atoms with Gasteiger partial charge in [-0.1, -0.05) is 19.0 Å². The van der Waals surface area contributed by atoms with Crippen LogP contribution in [0.5, 0.6) is 5.75 Å². The van der Waals surface area contributed by atoms with Crippen LogP contribution in [0.4, 0.5) is 0 Å². The van der Waals surface area contributed by atoms with Gasteiger partial charge in [-0.15, -0.1) is 0 Å². The molecule has 7 nitrogen and oxygen atoms in total. The quantitative estimate of drug-likeness (QED) is 0.630. The van der Waals surface area contributed by atoms with Gasteiger partial charge >= 0.3 is 0 Å². The molecule has 0 atom stereocenters. The molecule has 7 heteroatoms. The lowest BCUT2D eigenvalue weighted by Gasteiger charge is -2.31. The summed E-state index contributed by atoms with van der Waals surface area (Å²) in [6.07, 6.45) is 3.16. The summed E-state index contributed by atoms with van der Waals surface area (Å²) in [7, 11) is 1.61. The number of ether oxygens (including phenoxy) is 1. The number of hydrogen-bond acceptors (Lipinski definition) is 6. The van der Waals surface area contributed by atoms with Gasteiger partial charge in [0.15, 0.2) is 11.6 Å². The van der Waals surface area contributed by atoms with Crippen molar-refractivity contribution in [2.24, 2.45) is 5.92 Å². The molecule has 1 aromatic carbocycles. The molecule has 2 aromatic rings. The number of rotatable bonds is 8. The monoisotopic (exact) mass is 399 g/mol. The molecule has 3 rings (SSSR count). The zero-order valence-electron chi connectivity index (χ0n) is 17.4. The summed E-state index contributed by atoms with van der Waals surface area (Å²) in [5.41, 5.74) is 0.705. The molecule has 0 unspecified atom stereocenters. The standard InChI is InChI=1S/C22H29N3O4/c1-15(2)22-23-19(29-24-22)5-4-6-20(26)25-13-11-17(12-14-25)21(27)16-7-9-18(28-3)10-8-16/h7-10,15,17H,4-6,11-14H2,1-3H3. The van der Waals surface area contributed by atoms with Crippen LogP contribution >= 0.6 is 0 Å². The highest BCUT2D eigenvalue weighted by molar-refractivity contribution is 5.98. The fourth-order valence-electron chi connectivity index (χ4n) is 3.54. The van der Waals surface area contributed by atoms with Gasteiger partial charge in [0, 0.05) is 43.3 Å². The zero-order valence-corrected chi connectivity index (χ0v) is 17.4. The van der Waals surface area contributed by atoms with Crippen molar-refractivity contribution in [3.63, 3.8) is 0 Å². The van der Waals surface area contributed by atoms with Crippen molar-refractivity contribution in [2.75, 3.05) is 20.2 Å². The molecule has 1 aliphatic rings. The molecule has 0 aliphatic carbocycles. The number of piperidine rings is 1. The predicted molar refractivity (Wildman–Crippen MR) is 108 cm³/mol. The van der Waals surface area contributed by atoms with E-state index in [1.54, 1.807) is 31.4 Å². The first-order valence-electron chi connectivity index (χ1n) is 10.3. The fraction of sp³-hybridized carbons (Fsp3) is 0.545. The van der Waals surface area contributed by atoms with Crippen LogP contribution < -0.4 is 4.74 Å². The van der Waals surface area contributed by atoms with Gasteiger partial charge in [0.2, 0.25) is 11.8 Å². The summed E-state index contributed by atoms with van der Waals surface area (Å²) in [4.78, 5) is 31.4. The molecule has 2 heterocycles. The largest absolute Gasteiger partial charge is 0.497 e. The number of Topliss-reactive ketones (excluding diaryl/α,β-unsaturated/α-hetero) is 1. The second kappa shape index (κ2) is 9.67. The Hall–Kier alpha value is -2.70. The van der Waals surface area contributed by atoms with Crippen molar-refractivity contribution in [3.05, 3.63) is 41.5 Å². The Morgan fingerprint density at radius 3 is 2.48 bits per heavy atom. The molecule has 0 bridgehead atoms. The van der Waals surface area contributed by atoms with E-state index in [-0.39, 0.29) is 23.5 Å². The van der Waals surface area contributed by atoms with Gasteiger partial charge < -0.3 is 14.2 Å². The lowest BCUT2D eigenvalue weighted by molar-refractivity contribution is -0.132. The zero-order chi connectivity index (χ0) is 20.8. The van der Waals surface area contributed by atoms with Crippen molar-refractivity contribution in [1.29, 1.82) is 0 Å². The molecular formula is C22H29N3O4. The summed E-state index contributed by atoms with van der Waals surface area (Å²) in [5, 5.41) is 3.94. The van der Waals surface area contributed by atoms with E-state index in [0.29, 0.717) is 62.5 Å². The lowest BCUT2D eigenvalue weighted by Crippen LogP contribution is -2.40. The number of aryl methyl sites for hydroxylation is 1. The molecular weight excluding hydrogens is 370 g/mol. The number of amides is 1. The molecule has 156 valence electrons. The van der Waals surface area contributed by atoms with Crippen molar-refractivity contribution < 1.29 is 18.8 Å². The Morgan fingerprint density at radius 2 is 1.90 bits per heavy atom. The number of ketones is 1. The molecule has 0 N–H and O–H groups in total. The molecule has 1 amide bonds. The Bertz CT molecular complexity index is 821. The molecule has 0 radical (unpaired) electrons. The molecule has 29 heavy (non-hydrogen) atoms. The first-order valence-corrected chi connectivity index (χ1v) is 10.3. The number of benzene rings is 1. The maximum absolute atomic E-state index is 12.7. The van der Waals surface area contributed by atoms with Crippen molar-refractivity contribution >= 4 is 11.7 Å². The van der Waals surface area contributed by atoms with Gasteiger partial charge in [-0.3, -0.25) is 9.59 Å². The van der Waals surface area contributed by atoms with Crippen LogP contribution in [-0.4, -0.2) is 46.9 Å². The van der Waals surface area contributed by atoms with Crippen molar-refractivity contribution in [2.45, 2.75) is 51.9 Å². The van der Waals surface area contributed by atoms with Crippen molar-refractivity contribution in [1.82, 2.24) is 15.0 Å². The third kappa shape index (κ3) is 5.43. The molecule has 1 saturated heterocycles. The highest BCUT2D eigenvalue weighted by atomic mass is 16.5. The maximum Gasteiger partial charge on any atom is 0.226 e. The van der Waals surface area contributed by atoms with E-state index in [4.69, 9.17) is 9.26 Å². The topological polar surface area (TPSA) is 85.5 Å². The number of likely N-dealkylation sites (tertiary alicyclic amines) is 1. The van der Waals surface area contributed by atoms with E-state index in [1.165, 1.54) is 0 Å². The second-order valence-corrected chi connectivity index (χ2v) is 7.80. The van der Waals surface area contributed by atoms with Crippen LogP contribution in [0.25, 0.3) is 0 Å². The van der Waals surface area contributed by atoms with E-state index >= 15 is 0 Å². The van der Waals surface area contributed by atoms with Crippen LogP contribution in [0.15, 0.2) is 28.8 Å². The van der Waals surface area contributed by atoms with Gasteiger partial charge in [-0.2, -0.15) is 4.98 Å². The van der Waals surface area contributed by atoms with Gasteiger partial charge in [-0.05, 0) is 43.5 Å². The van der Waals surface area contributed by atoms with Gasteiger partial charge in [-0.25, -0.2) is 0 Å². The van der Waals surface area contributed by atoms with Crippen LogP contribution in [0.2, 0.25) is 0 Å². The van der Waals surface area contributed by atoms with Crippen LogP contribution in [0.3, 0.4) is 0 Å². The van der Waals surface area contributed by atoms with Crippen LogP contribution in [0.1, 0.15) is 67.5 Å². The van der Waals surface area contributed by atoms with Crippen molar-refractivity contribution in [3.8, 4) is 5.75 Å². The molecule has 1 aliphatic heterocycles. The van der Waals surface area contributed by atoms with E-state index in [2.05, 4.69) is 10.1 Å². The first-order chi connectivity index (χ1) is 14.0. The number of nitrogens with zero attached hydrogens (tertiary/aromatic N) is 3. The summed E-state index contributed by atoms with van der Waals surface area (Å²) in [6.45, 7) is 5.29. The average molecular weight is 399 g/mol. The number of aromatic nitrogens is 2. The van der Waals surface area contributed by atoms with Gasteiger partial charge in [0.05, 0.1) is 7.11 Å². The number of carbonyl (C=O) groups excluding carboxylic acids is 2. The normalized spacial score (nSPS) is 15.0. The highest BCUT2D eigenvalue weighted by Gasteiger charge is 2.27. The minimum atomic E-state index is -0.0275.